The summed E-state index contributed by atoms with van der Waals surface area (Å²) in [5.41, 5.74) is 4.53. The molecule has 0 saturated carbocycles. The SMILES string of the molecule is CCn1cc(-c2cc(C(=O)Nc3cnn(CC)c3C(=O)Nc3cnn(C)c3C)c3ccccc3n2)cn1. The maximum Gasteiger partial charge on any atom is 0.276 e. The molecule has 2 amide bonds. The van der Waals surface area contributed by atoms with Crippen LogP contribution in [-0.4, -0.2) is 46.1 Å². The molecule has 4 heterocycles. The molecule has 0 atom stereocenters. The van der Waals surface area contributed by atoms with E-state index in [4.69, 9.17) is 4.98 Å². The molecule has 0 aliphatic carbocycles. The first-order valence-electron chi connectivity index (χ1n) is 12.0. The van der Waals surface area contributed by atoms with Gasteiger partial charge in [0.2, 0.25) is 0 Å². The fourth-order valence-electron chi connectivity index (χ4n) is 4.13. The van der Waals surface area contributed by atoms with Crippen molar-refractivity contribution in [3.05, 3.63) is 72.1 Å². The summed E-state index contributed by atoms with van der Waals surface area (Å²) in [6.45, 7) is 6.92. The van der Waals surface area contributed by atoms with Gasteiger partial charge in [0.05, 0.1) is 52.4 Å². The standard InChI is InChI=1S/C26H27N9O2/c1-5-34-15-17(12-28-34)21-11-19(18-9-7-8-10-20(18)30-21)25(36)32-23-14-29-35(6-2)24(23)26(37)31-22-13-27-33(4)16(22)3/h7-15H,5-6H2,1-4H3,(H,31,37)(H,32,36). The molecule has 5 aromatic rings. The minimum atomic E-state index is -0.391. The Labute approximate surface area is 213 Å². The van der Waals surface area contributed by atoms with Crippen LogP contribution in [-0.2, 0) is 20.1 Å². The second-order valence-corrected chi connectivity index (χ2v) is 8.56. The average Bonchev–Trinajstić information content (AvgIpc) is 3.63. The lowest BCUT2D eigenvalue weighted by molar-refractivity contribution is 0.101. The van der Waals surface area contributed by atoms with Crippen molar-refractivity contribution in [1.82, 2.24) is 34.3 Å². The number of carbonyl (C=O) groups excluding carboxylic acids is 2. The van der Waals surface area contributed by atoms with Gasteiger partial charge in [-0.1, -0.05) is 18.2 Å². The Bertz CT molecular complexity index is 1630. The number of fused-ring (bicyclic) bond motifs is 1. The molecule has 4 aromatic heterocycles. The average molecular weight is 498 g/mol. The van der Waals surface area contributed by atoms with Crippen LogP contribution >= 0.6 is 0 Å². The Kier molecular flexibility index (Phi) is 6.26. The van der Waals surface area contributed by atoms with Crippen molar-refractivity contribution >= 4 is 34.1 Å². The predicted octanol–water partition coefficient (Wildman–Crippen LogP) is 3.88. The van der Waals surface area contributed by atoms with Gasteiger partial charge in [-0.05, 0) is 32.9 Å². The van der Waals surface area contributed by atoms with E-state index in [0.717, 1.165) is 17.8 Å². The molecule has 5 rings (SSSR count). The number of nitrogens with one attached hydrogen (secondary N) is 2. The van der Waals surface area contributed by atoms with Gasteiger partial charge in [0.1, 0.15) is 5.69 Å². The number of aromatic nitrogens is 7. The van der Waals surface area contributed by atoms with Crippen LogP contribution in [0.2, 0.25) is 0 Å². The summed E-state index contributed by atoms with van der Waals surface area (Å²) in [7, 11) is 1.80. The summed E-state index contributed by atoms with van der Waals surface area (Å²) in [5, 5.41) is 19.3. The van der Waals surface area contributed by atoms with E-state index in [1.807, 2.05) is 51.2 Å². The highest BCUT2D eigenvalue weighted by Crippen LogP contribution is 2.26. The molecule has 37 heavy (non-hydrogen) atoms. The number of aryl methyl sites for hydroxylation is 3. The number of anilines is 2. The van der Waals surface area contributed by atoms with Gasteiger partial charge in [-0.2, -0.15) is 15.3 Å². The molecule has 0 unspecified atom stereocenters. The van der Waals surface area contributed by atoms with Crippen LogP contribution < -0.4 is 10.6 Å². The van der Waals surface area contributed by atoms with Crippen molar-refractivity contribution in [2.24, 2.45) is 7.05 Å². The number of hydrogen-bond donors (Lipinski definition) is 2. The highest BCUT2D eigenvalue weighted by Gasteiger charge is 2.23. The van der Waals surface area contributed by atoms with Gasteiger partial charge in [0, 0.05) is 37.3 Å². The normalized spacial score (nSPS) is 11.1. The van der Waals surface area contributed by atoms with E-state index in [1.165, 1.54) is 6.20 Å². The first-order chi connectivity index (χ1) is 17.9. The molecule has 0 spiro atoms. The monoisotopic (exact) mass is 497 g/mol. The number of rotatable bonds is 7. The van der Waals surface area contributed by atoms with E-state index in [0.29, 0.717) is 40.1 Å². The second-order valence-electron chi connectivity index (χ2n) is 8.56. The summed E-state index contributed by atoms with van der Waals surface area (Å²) < 4.78 is 5.03. The third kappa shape index (κ3) is 4.46. The maximum absolute atomic E-state index is 13.6. The van der Waals surface area contributed by atoms with E-state index in [2.05, 4.69) is 25.9 Å². The van der Waals surface area contributed by atoms with E-state index in [9.17, 15) is 9.59 Å². The van der Waals surface area contributed by atoms with E-state index >= 15 is 0 Å². The summed E-state index contributed by atoms with van der Waals surface area (Å²) in [4.78, 5) is 31.6. The van der Waals surface area contributed by atoms with Crippen molar-refractivity contribution in [2.75, 3.05) is 10.6 Å². The van der Waals surface area contributed by atoms with Crippen molar-refractivity contribution < 1.29 is 9.59 Å². The van der Waals surface area contributed by atoms with Crippen molar-refractivity contribution in [3.8, 4) is 11.3 Å². The van der Waals surface area contributed by atoms with E-state index in [1.54, 1.807) is 39.6 Å². The molecule has 2 N–H and O–H groups in total. The number of benzene rings is 1. The zero-order valence-electron chi connectivity index (χ0n) is 21.1. The Morgan fingerprint density at radius 1 is 0.919 bits per heavy atom. The predicted molar refractivity (Wildman–Crippen MR) is 140 cm³/mol. The second kappa shape index (κ2) is 9.69. The number of para-hydroxylation sites is 1. The molecule has 0 fully saturated rings. The number of amides is 2. The highest BCUT2D eigenvalue weighted by atomic mass is 16.2. The summed E-state index contributed by atoms with van der Waals surface area (Å²) in [6.07, 6.45) is 6.70. The Morgan fingerprint density at radius 3 is 2.38 bits per heavy atom. The van der Waals surface area contributed by atoms with Crippen LogP contribution in [0.3, 0.4) is 0 Å². The highest BCUT2D eigenvalue weighted by molar-refractivity contribution is 6.16. The molecule has 0 aliphatic rings. The van der Waals surface area contributed by atoms with Gasteiger partial charge in [0.15, 0.2) is 0 Å². The van der Waals surface area contributed by atoms with Crippen LogP contribution in [0.5, 0.6) is 0 Å². The first kappa shape index (κ1) is 23.9. The number of carbonyl (C=O) groups is 2. The van der Waals surface area contributed by atoms with E-state index in [-0.39, 0.29) is 11.6 Å². The summed E-state index contributed by atoms with van der Waals surface area (Å²) >= 11 is 0. The Morgan fingerprint density at radius 2 is 1.68 bits per heavy atom. The molecule has 0 bridgehead atoms. The molecule has 188 valence electrons. The van der Waals surface area contributed by atoms with Crippen molar-refractivity contribution in [2.45, 2.75) is 33.9 Å². The lowest BCUT2D eigenvalue weighted by atomic mass is 10.0. The van der Waals surface area contributed by atoms with Gasteiger partial charge >= 0.3 is 0 Å². The lowest BCUT2D eigenvalue weighted by Gasteiger charge is -2.12. The third-order valence-electron chi connectivity index (χ3n) is 6.30. The Balaban J connectivity index is 1.51. The third-order valence-corrected chi connectivity index (χ3v) is 6.30. The lowest BCUT2D eigenvalue weighted by Crippen LogP contribution is -2.21. The number of hydrogen-bond acceptors (Lipinski definition) is 6. The van der Waals surface area contributed by atoms with Gasteiger partial charge in [0.25, 0.3) is 11.8 Å². The van der Waals surface area contributed by atoms with Gasteiger partial charge in [-0.3, -0.25) is 23.6 Å². The molecular weight excluding hydrogens is 470 g/mol. The fraction of sp³-hybridized carbons (Fsp3) is 0.231. The van der Waals surface area contributed by atoms with Crippen LogP contribution in [0.25, 0.3) is 22.2 Å². The molecular formula is C26H27N9O2. The molecule has 0 radical (unpaired) electrons. The van der Waals surface area contributed by atoms with Gasteiger partial charge in [-0.15, -0.1) is 0 Å². The van der Waals surface area contributed by atoms with E-state index < -0.39 is 5.91 Å². The molecule has 11 nitrogen and oxygen atoms in total. The molecule has 11 heteroatoms. The fourth-order valence-corrected chi connectivity index (χ4v) is 4.13. The zero-order valence-corrected chi connectivity index (χ0v) is 21.1. The van der Waals surface area contributed by atoms with Crippen LogP contribution in [0.1, 0.15) is 40.4 Å². The Hall–Kier alpha value is -4.80. The quantitative estimate of drug-likeness (QED) is 0.352. The maximum atomic E-state index is 13.6. The number of nitrogens with zero attached hydrogens (tertiary/aromatic N) is 7. The van der Waals surface area contributed by atoms with Gasteiger partial charge < -0.3 is 10.6 Å². The minimum Gasteiger partial charge on any atom is -0.319 e. The zero-order chi connectivity index (χ0) is 26.1. The summed E-state index contributed by atoms with van der Waals surface area (Å²) in [5.74, 6) is -0.761. The van der Waals surface area contributed by atoms with Crippen molar-refractivity contribution in [1.29, 1.82) is 0 Å². The first-order valence-corrected chi connectivity index (χ1v) is 12.0. The molecule has 0 aliphatic heterocycles. The topological polar surface area (TPSA) is 125 Å². The molecule has 1 aromatic carbocycles. The molecule has 0 saturated heterocycles. The van der Waals surface area contributed by atoms with Crippen molar-refractivity contribution in [3.63, 3.8) is 0 Å². The van der Waals surface area contributed by atoms with Crippen LogP contribution in [0.4, 0.5) is 11.4 Å². The largest absolute Gasteiger partial charge is 0.319 e. The smallest absolute Gasteiger partial charge is 0.276 e. The van der Waals surface area contributed by atoms with Gasteiger partial charge in [-0.25, -0.2) is 4.98 Å². The minimum absolute atomic E-state index is 0.252. The van der Waals surface area contributed by atoms with Crippen LogP contribution in [0.15, 0.2) is 55.1 Å². The van der Waals surface area contributed by atoms with Crippen LogP contribution in [0, 0.1) is 6.92 Å². The summed E-state index contributed by atoms with van der Waals surface area (Å²) in [6, 6.07) is 9.21. The number of pyridine rings is 1.